The number of carbonyl (C=O) groups excluding carboxylic acids is 1. The minimum absolute atomic E-state index is 0.0973. The van der Waals surface area contributed by atoms with Crippen molar-refractivity contribution < 1.29 is 23.1 Å². The number of rotatable bonds is 8. The van der Waals surface area contributed by atoms with Crippen LogP contribution in [-0.4, -0.2) is 79.6 Å². The van der Waals surface area contributed by atoms with E-state index < -0.39 is 22.0 Å². The molecule has 1 amide bonds. The zero-order valence-electron chi connectivity index (χ0n) is 15.0. The minimum atomic E-state index is -3.21. The fourth-order valence-corrected chi connectivity index (χ4v) is 4.40. The Hall–Kier alpha value is -1.19. The molecule has 3 unspecified atom stereocenters. The summed E-state index contributed by atoms with van der Waals surface area (Å²) in [5.41, 5.74) is 0. The van der Waals surface area contributed by atoms with Crippen LogP contribution in [0.3, 0.4) is 0 Å². The van der Waals surface area contributed by atoms with Gasteiger partial charge in [-0.3, -0.25) is 14.5 Å². The molecule has 2 fully saturated rings. The van der Waals surface area contributed by atoms with E-state index >= 15 is 0 Å². The van der Waals surface area contributed by atoms with Gasteiger partial charge >= 0.3 is 5.97 Å². The molecule has 1 aliphatic heterocycles. The molecule has 0 aromatic heterocycles. The van der Waals surface area contributed by atoms with E-state index in [0.29, 0.717) is 31.8 Å². The van der Waals surface area contributed by atoms with Crippen molar-refractivity contribution in [2.45, 2.75) is 50.6 Å². The van der Waals surface area contributed by atoms with Gasteiger partial charge in [0.2, 0.25) is 15.9 Å². The highest BCUT2D eigenvalue weighted by Crippen LogP contribution is 2.39. The molecule has 1 aliphatic carbocycles. The second kappa shape index (κ2) is 8.46. The number of likely N-dealkylation sites (tertiary alicyclic amines) is 1. The van der Waals surface area contributed by atoms with E-state index in [1.807, 2.05) is 4.90 Å². The molecule has 25 heavy (non-hydrogen) atoms. The summed E-state index contributed by atoms with van der Waals surface area (Å²) in [6.07, 6.45) is 6.53. The molecule has 1 heterocycles. The van der Waals surface area contributed by atoms with Gasteiger partial charge in [0.25, 0.3) is 0 Å². The summed E-state index contributed by atoms with van der Waals surface area (Å²) in [4.78, 5) is 25.6. The van der Waals surface area contributed by atoms with E-state index in [-0.39, 0.29) is 18.5 Å². The van der Waals surface area contributed by atoms with Gasteiger partial charge in [-0.15, -0.1) is 0 Å². The SMILES string of the molecule is CN(CCCNC(=O)CN1C(C(=O)O)CC2CCCCC21)S(C)(=O)=O. The topological polar surface area (TPSA) is 107 Å². The van der Waals surface area contributed by atoms with Crippen LogP contribution in [-0.2, 0) is 19.6 Å². The largest absolute Gasteiger partial charge is 0.480 e. The second-order valence-corrected chi connectivity index (χ2v) is 9.25. The van der Waals surface area contributed by atoms with Crippen molar-refractivity contribution in [2.75, 3.05) is 32.9 Å². The summed E-state index contributed by atoms with van der Waals surface area (Å²) in [6.45, 7) is 0.809. The van der Waals surface area contributed by atoms with Crippen LogP contribution in [0.4, 0.5) is 0 Å². The molecule has 1 saturated heterocycles. The summed E-state index contributed by atoms with van der Waals surface area (Å²) in [5.74, 6) is -0.664. The van der Waals surface area contributed by atoms with Crippen molar-refractivity contribution in [1.29, 1.82) is 0 Å². The summed E-state index contributed by atoms with van der Waals surface area (Å²) >= 11 is 0. The van der Waals surface area contributed by atoms with E-state index in [2.05, 4.69) is 5.32 Å². The van der Waals surface area contributed by atoms with Crippen molar-refractivity contribution in [3.05, 3.63) is 0 Å². The number of nitrogens with zero attached hydrogens (tertiary/aromatic N) is 2. The first kappa shape index (κ1) is 20.1. The molecular weight excluding hydrogens is 346 g/mol. The molecule has 2 rings (SSSR count). The van der Waals surface area contributed by atoms with Crippen LogP contribution in [0.5, 0.6) is 0 Å². The van der Waals surface area contributed by atoms with Crippen LogP contribution in [0.25, 0.3) is 0 Å². The van der Waals surface area contributed by atoms with Gasteiger partial charge in [-0.1, -0.05) is 12.8 Å². The van der Waals surface area contributed by atoms with E-state index in [4.69, 9.17) is 0 Å². The molecule has 0 radical (unpaired) electrons. The predicted molar refractivity (Wildman–Crippen MR) is 93.6 cm³/mol. The number of carboxylic acid groups (broad SMARTS) is 1. The van der Waals surface area contributed by atoms with Crippen molar-refractivity contribution in [2.24, 2.45) is 5.92 Å². The summed E-state index contributed by atoms with van der Waals surface area (Å²) in [5, 5.41) is 12.2. The Morgan fingerprint density at radius 2 is 1.96 bits per heavy atom. The first-order chi connectivity index (χ1) is 11.7. The number of carbonyl (C=O) groups is 2. The monoisotopic (exact) mass is 375 g/mol. The molecule has 3 atom stereocenters. The fourth-order valence-electron chi connectivity index (χ4n) is 3.94. The van der Waals surface area contributed by atoms with Gasteiger partial charge in [0.15, 0.2) is 0 Å². The Balaban J connectivity index is 1.81. The van der Waals surface area contributed by atoms with E-state index in [9.17, 15) is 23.1 Å². The number of amides is 1. The molecule has 9 heteroatoms. The van der Waals surface area contributed by atoms with Gasteiger partial charge in [-0.25, -0.2) is 12.7 Å². The average Bonchev–Trinajstić information content (AvgIpc) is 2.89. The maximum atomic E-state index is 12.2. The summed E-state index contributed by atoms with van der Waals surface area (Å²) in [7, 11) is -1.70. The molecule has 2 aliphatic rings. The first-order valence-corrected chi connectivity index (χ1v) is 10.7. The van der Waals surface area contributed by atoms with Crippen molar-refractivity contribution >= 4 is 21.9 Å². The third kappa shape index (κ3) is 5.39. The Labute approximate surface area is 149 Å². The number of sulfonamides is 1. The maximum absolute atomic E-state index is 12.2. The lowest BCUT2D eigenvalue weighted by molar-refractivity contribution is -0.143. The Morgan fingerprint density at radius 3 is 2.60 bits per heavy atom. The molecule has 0 aromatic rings. The highest BCUT2D eigenvalue weighted by molar-refractivity contribution is 7.88. The van der Waals surface area contributed by atoms with E-state index in [1.165, 1.54) is 11.4 Å². The van der Waals surface area contributed by atoms with Crippen LogP contribution in [0.15, 0.2) is 0 Å². The van der Waals surface area contributed by atoms with Gasteiger partial charge in [0.1, 0.15) is 6.04 Å². The molecule has 2 N–H and O–H groups in total. The molecule has 0 bridgehead atoms. The first-order valence-electron chi connectivity index (χ1n) is 8.86. The number of hydrogen-bond acceptors (Lipinski definition) is 5. The minimum Gasteiger partial charge on any atom is -0.480 e. The van der Waals surface area contributed by atoms with Crippen LogP contribution in [0.2, 0.25) is 0 Å². The summed E-state index contributed by atoms with van der Waals surface area (Å²) in [6, 6.07) is -0.382. The fraction of sp³-hybridized carbons (Fsp3) is 0.875. The van der Waals surface area contributed by atoms with Crippen molar-refractivity contribution in [3.8, 4) is 0 Å². The lowest BCUT2D eigenvalue weighted by Gasteiger charge is -2.32. The molecular formula is C16H29N3O5S. The average molecular weight is 375 g/mol. The van der Waals surface area contributed by atoms with Gasteiger partial charge in [-0.2, -0.15) is 0 Å². The van der Waals surface area contributed by atoms with Gasteiger partial charge in [0, 0.05) is 26.2 Å². The van der Waals surface area contributed by atoms with Gasteiger partial charge in [0.05, 0.1) is 12.8 Å². The quantitative estimate of drug-likeness (QED) is 0.583. The van der Waals surface area contributed by atoms with Crippen molar-refractivity contribution in [1.82, 2.24) is 14.5 Å². The molecule has 0 spiro atoms. The molecule has 144 valence electrons. The third-order valence-electron chi connectivity index (χ3n) is 5.37. The molecule has 0 aromatic carbocycles. The van der Waals surface area contributed by atoms with Crippen LogP contribution >= 0.6 is 0 Å². The maximum Gasteiger partial charge on any atom is 0.320 e. The Bertz CT molecular complexity index is 595. The molecule has 8 nitrogen and oxygen atoms in total. The van der Waals surface area contributed by atoms with E-state index in [0.717, 1.165) is 31.9 Å². The lowest BCUT2D eigenvalue weighted by atomic mass is 9.85. The van der Waals surface area contributed by atoms with Gasteiger partial charge < -0.3 is 10.4 Å². The number of carboxylic acids is 1. The summed E-state index contributed by atoms with van der Waals surface area (Å²) < 4.78 is 23.8. The third-order valence-corrected chi connectivity index (χ3v) is 6.69. The Kier molecular flexibility index (Phi) is 6.81. The normalized spacial score (nSPS) is 27.2. The smallest absolute Gasteiger partial charge is 0.320 e. The lowest BCUT2D eigenvalue weighted by Crippen LogP contribution is -2.47. The zero-order valence-corrected chi connectivity index (χ0v) is 15.8. The Morgan fingerprint density at radius 1 is 1.28 bits per heavy atom. The second-order valence-electron chi connectivity index (χ2n) is 7.16. The predicted octanol–water partition coefficient (Wildman–Crippen LogP) is 0.102. The highest BCUT2D eigenvalue weighted by Gasteiger charge is 2.45. The van der Waals surface area contributed by atoms with Crippen LogP contribution < -0.4 is 5.32 Å². The van der Waals surface area contributed by atoms with E-state index in [1.54, 1.807) is 0 Å². The number of hydrogen-bond donors (Lipinski definition) is 2. The number of nitrogens with one attached hydrogen (secondary N) is 1. The van der Waals surface area contributed by atoms with Crippen LogP contribution in [0.1, 0.15) is 38.5 Å². The molecule has 1 saturated carbocycles. The highest BCUT2D eigenvalue weighted by atomic mass is 32.2. The van der Waals surface area contributed by atoms with Crippen LogP contribution in [0, 0.1) is 5.92 Å². The van der Waals surface area contributed by atoms with Gasteiger partial charge in [-0.05, 0) is 31.6 Å². The zero-order chi connectivity index (χ0) is 18.6. The van der Waals surface area contributed by atoms with Crippen molar-refractivity contribution in [3.63, 3.8) is 0 Å². The number of fused-ring (bicyclic) bond motifs is 1. The standard InChI is InChI=1S/C16H29N3O5S/c1-18(25(2,23)24)9-5-8-17-15(20)11-19-13-7-4-3-6-12(13)10-14(19)16(21)22/h12-14H,3-11H2,1-2H3,(H,17,20)(H,21,22). The number of aliphatic carboxylic acids is 1.